The molecule has 0 aliphatic carbocycles. The Hall–Kier alpha value is -3.18. The number of fused-ring (bicyclic) bond motifs is 1. The Balaban J connectivity index is 1.87. The van der Waals surface area contributed by atoms with Crippen LogP contribution in [0.5, 0.6) is 0 Å². The molecular formula is C25H29N5. The second kappa shape index (κ2) is 8.67. The highest BCUT2D eigenvalue weighted by Crippen LogP contribution is 2.31. The lowest BCUT2D eigenvalue weighted by molar-refractivity contribution is 0.425. The van der Waals surface area contributed by atoms with Gasteiger partial charge in [0.15, 0.2) is 5.65 Å². The molecule has 0 unspecified atom stereocenters. The van der Waals surface area contributed by atoms with Crippen LogP contribution in [0.4, 0.5) is 5.82 Å². The van der Waals surface area contributed by atoms with E-state index in [-0.39, 0.29) is 0 Å². The monoisotopic (exact) mass is 399 g/mol. The molecule has 0 saturated carbocycles. The van der Waals surface area contributed by atoms with Crippen molar-refractivity contribution in [3.63, 3.8) is 0 Å². The zero-order valence-electron chi connectivity index (χ0n) is 18.2. The normalized spacial score (nSPS) is 11.4. The number of hydrogen-bond donors (Lipinski definition) is 1. The SMILES string of the molecule is Cc1nc2c(-c3ccccc3)c(C)nn2c(NCCN(C)C)c1Cc1ccccc1. The van der Waals surface area contributed by atoms with Gasteiger partial charge in [-0.2, -0.15) is 9.61 Å². The van der Waals surface area contributed by atoms with Crippen LogP contribution in [0.15, 0.2) is 60.7 Å². The van der Waals surface area contributed by atoms with E-state index in [2.05, 4.69) is 92.8 Å². The van der Waals surface area contributed by atoms with Gasteiger partial charge in [-0.1, -0.05) is 60.7 Å². The third-order valence-electron chi connectivity index (χ3n) is 5.38. The maximum absolute atomic E-state index is 5.02. The van der Waals surface area contributed by atoms with E-state index in [4.69, 9.17) is 10.1 Å². The largest absolute Gasteiger partial charge is 0.368 e. The molecule has 2 aromatic carbocycles. The highest BCUT2D eigenvalue weighted by Gasteiger charge is 2.20. The van der Waals surface area contributed by atoms with Gasteiger partial charge in [0.2, 0.25) is 0 Å². The molecule has 0 bridgehead atoms. The molecule has 154 valence electrons. The zero-order chi connectivity index (χ0) is 21.1. The van der Waals surface area contributed by atoms with E-state index in [1.807, 2.05) is 10.6 Å². The van der Waals surface area contributed by atoms with Crippen LogP contribution in [-0.4, -0.2) is 46.7 Å². The first-order chi connectivity index (χ1) is 14.5. The summed E-state index contributed by atoms with van der Waals surface area (Å²) in [5.74, 6) is 1.04. The van der Waals surface area contributed by atoms with Crippen molar-refractivity contribution in [3.8, 4) is 11.1 Å². The highest BCUT2D eigenvalue weighted by atomic mass is 15.3. The van der Waals surface area contributed by atoms with Crippen molar-refractivity contribution in [1.29, 1.82) is 0 Å². The van der Waals surface area contributed by atoms with Crippen molar-refractivity contribution in [2.24, 2.45) is 0 Å². The fourth-order valence-corrected chi connectivity index (χ4v) is 3.83. The Morgan fingerprint density at radius 1 is 0.900 bits per heavy atom. The molecule has 0 aliphatic rings. The lowest BCUT2D eigenvalue weighted by Gasteiger charge is -2.18. The summed E-state index contributed by atoms with van der Waals surface area (Å²) in [7, 11) is 4.18. The smallest absolute Gasteiger partial charge is 0.165 e. The zero-order valence-corrected chi connectivity index (χ0v) is 18.2. The Kier molecular flexibility index (Phi) is 5.81. The average molecular weight is 400 g/mol. The summed E-state index contributed by atoms with van der Waals surface area (Å²) in [5.41, 5.74) is 7.63. The van der Waals surface area contributed by atoms with E-state index in [1.165, 1.54) is 11.1 Å². The predicted octanol–water partition coefficient (Wildman–Crippen LogP) is 4.58. The summed E-state index contributed by atoms with van der Waals surface area (Å²) >= 11 is 0. The first kappa shape index (κ1) is 20.1. The number of hydrogen-bond acceptors (Lipinski definition) is 4. The number of nitrogens with zero attached hydrogens (tertiary/aromatic N) is 4. The molecule has 0 atom stereocenters. The van der Waals surface area contributed by atoms with Gasteiger partial charge in [-0.25, -0.2) is 4.98 Å². The minimum Gasteiger partial charge on any atom is -0.368 e. The van der Waals surface area contributed by atoms with Gasteiger partial charge in [0.1, 0.15) is 5.82 Å². The molecule has 2 heterocycles. The van der Waals surface area contributed by atoms with E-state index < -0.39 is 0 Å². The van der Waals surface area contributed by atoms with Gasteiger partial charge in [-0.15, -0.1) is 0 Å². The third kappa shape index (κ3) is 4.07. The van der Waals surface area contributed by atoms with Crippen molar-refractivity contribution in [1.82, 2.24) is 19.5 Å². The lowest BCUT2D eigenvalue weighted by atomic mass is 10.0. The third-order valence-corrected chi connectivity index (χ3v) is 5.38. The molecule has 2 aromatic heterocycles. The van der Waals surface area contributed by atoms with Crippen molar-refractivity contribution in [2.75, 3.05) is 32.5 Å². The maximum Gasteiger partial charge on any atom is 0.165 e. The molecule has 0 aliphatic heterocycles. The lowest BCUT2D eigenvalue weighted by Crippen LogP contribution is -2.23. The number of nitrogens with one attached hydrogen (secondary N) is 1. The van der Waals surface area contributed by atoms with E-state index in [0.717, 1.165) is 53.5 Å². The Morgan fingerprint density at radius 2 is 1.57 bits per heavy atom. The Morgan fingerprint density at radius 3 is 2.23 bits per heavy atom. The molecule has 0 amide bonds. The second-order valence-corrected chi connectivity index (χ2v) is 7.98. The van der Waals surface area contributed by atoms with Crippen LogP contribution in [0, 0.1) is 13.8 Å². The van der Waals surface area contributed by atoms with Crippen LogP contribution >= 0.6 is 0 Å². The number of aryl methyl sites for hydroxylation is 2. The Labute approximate surface area is 178 Å². The summed E-state index contributed by atoms with van der Waals surface area (Å²) in [5, 5.41) is 8.57. The second-order valence-electron chi connectivity index (χ2n) is 7.98. The molecular weight excluding hydrogens is 370 g/mol. The van der Waals surface area contributed by atoms with Crippen LogP contribution in [0.1, 0.15) is 22.5 Å². The summed E-state index contributed by atoms with van der Waals surface area (Å²) < 4.78 is 2.00. The fraction of sp³-hybridized carbons (Fsp3) is 0.280. The van der Waals surface area contributed by atoms with Crippen molar-refractivity contribution in [2.45, 2.75) is 20.3 Å². The number of aromatic nitrogens is 3. The van der Waals surface area contributed by atoms with Gasteiger partial charge in [0.25, 0.3) is 0 Å². The molecule has 30 heavy (non-hydrogen) atoms. The van der Waals surface area contributed by atoms with E-state index in [0.29, 0.717) is 0 Å². The first-order valence-electron chi connectivity index (χ1n) is 10.4. The standard InChI is InChI=1S/C25H29N5/c1-18-22(17-20-11-7-5-8-12-20)24(26-15-16-29(3)4)30-25(27-18)23(19(2)28-30)21-13-9-6-10-14-21/h5-14,26H,15-17H2,1-4H3. The van der Waals surface area contributed by atoms with Crippen molar-refractivity contribution in [3.05, 3.63) is 83.2 Å². The van der Waals surface area contributed by atoms with Crippen LogP contribution in [0.3, 0.4) is 0 Å². The van der Waals surface area contributed by atoms with Gasteiger partial charge in [0, 0.05) is 36.3 Å². The molecule has 5 nitrogen and oxygen atoms in total. The van der Waals surface area contributed by atoms with Gasteiger partial charge in [0.05, 0.1) is 5.69 Å². The maximum atomic E-state index is 5.02. The Bertz CT molecular complexity index is 1130. The quantitative estimate of drug-likeness (QED) is 0.494. The first-order valence-corrected chi connectivity index (χ1v) is 10.4. The van der Waals surface area contributed by atoms with Crippen LogP contribution in [0.2, 0.25) is 0 Å². The minimum atomic E-state index is 0.819. The molecule has 5 heteroatoms. The average Bonchev–Trinajstić information content (AvgIpc) is 3.06. The van der Waals surface area contributed by atoms with E-state index >= 15 is 0 Å². The van der Waals surface area contributed by atoms with Gasteiger partial charge in [-0.05, 0) is 39.1 Å². The molecule has 4 rings (SSSR count). The molecule has 0 saturated heterocycles. The van der Waals surface area contributed by atoms with E-state index in [9.17, 15) is 0 Å². The molecule has 0 fully saturated rings. The summed E-state index contributed by atoms with van der Waals surface area (Å²) in [6, 6.07) is 21.0. The summed E-state index contributed by atoms with van der Waals surface area (Å²) in [6.07, 6.45) is 0.819. The number of likely N-dealkylation sites (N-methyl/N-ethyl adjacent to an activating group) is 1. The highest BCUT2D eigenvalue weighted by molar-refractivity contribution is 5.81. The van der Waals surface area contributed by atoms with Gasteiger partial charge < -0.3 is 10.2 Å². The molecule has 1 N–H and O–H groups in total. The van der Waals surface area contributed by atoms with Crippen LogP contribution in [0.25, 0.3) is 16.8 Å². The molecule has 0 spiro atoms. The number of anilines is 1. The minimum absolute atomic E-state index is 0.819. The number of benzene rings is 2. The summed E-state index contributed by atoms with van der Waals surface area (Å²) in [4.78, 5) is 7.20. The van der Waals surface area contributed by atoms with Crippen molar-refractivity contribution >= 4 is 11.5 Å². The van der Waals surface area contributed by atoms with Crippen LogP contribution in [-0.2, 0) is 6.42 Å². The van der Waals surface area contributed by atoms with Gasteiger partial charge in [-0.3, -0.25) is 0 Å². The molecule has 0 radical (unpaired) electrons. The van der Waals surface area contributed by atoms with Gasteiger partial charge >= 0.3 is 0 Å². The summed E-state index contributed by atoms with van der Waals surface area (Å²) in [6.45, 7) is 5.95. The van der Waals surface area contributed by atoms with Crippen LogP contribution < -0.4 is 5.32 Å². The fourth-order valence-electron chi connectivity index (χ4n) is 3.83. The van der Waals surface area contributed by atoms with E-state index in [1.54, 1.807) is 0 Å². The molecule has 4 aromatic rings. The van der Waals surface area contributed by atoms with Crippen molar-refractivity contribution < 1.29 is 0 Å². The topological polar surface area (TPSA) is 45.5 Å². The predicted molar refractivity (Wildman–Crippen MR) is 124 cm³/mol. The number of rotatable bonds is 7.